The van der Waals surface area contributed by atoms with E-state index in [0.29, 0.717) is 18.7 Å². The highest BCUT2D eigenvalue weighted by molar-refractivity contribution is 5.59. The molecule has 1 aliphatic heterocycles. The standard InChI is InChI=1S/C18H20FNO3/c19-16-6-2-1-5-14(16)12-22-13-15(21)11-20-9-10-23-18-8-4-3-7-17(18)20/h1-8,15,21H,9-13H2. The van der Waals surface area contributed by atoms with Crippen molar-refractivity contribution in [2.75, 3.05) is 31.2 Å². The number of ether oxygens (including phenoxy) is 2. The molecule has 5 heteroatoms. The Morgan fingerprint density at radius 1 is 1.17 bits per heavy atom. The molecule has 1 atom stereocenters. The summed E-state index contributed by atoms with van der Waals surface area (Å²) in [5.74, 6) is 0.544. The first-order chi connectivity index (χ1) is 11.2. The monoisotopic (exact) mass is 317 g/mol. The van der Waals surface area contributed by atoms with Crippen molar-refractivity contribution in [2.45, 2.75) is 12.7 Å². The molecule has 0 saturated heterocycles. The molecule has 0 saturated carbocycles. The fraction of sp³-hybridized carbons (Fsp3) is 0.333. The lowest BCUT2D eigenvalue weighted by Crippen LogP contribution is -2.39. The molecule has 1 heterocycles. The minimum absolute atomic E-state index is 0.156. The van der Waals surface area contributed by atoms with Crippen LogP contribution in [0.5, 0.6) is 5.75 Å². The van der Waals surface area contributed by atoms with Crippen LogP contribution in [0.3, 0.4) is 0 Å². The van der Waals surface area contributed by atoms with Crippen molar-refractivity contribution in [2.24, 2.45) is 0 Å². The molecule has 0 bridgehead atoms. The van der Waals surface area contributed by atoms with E-state index in [-0.39, 0.29) is 19.0 Å². The molecule has 4 nitrogen and oxygen atoms in total. The average molecular weight is 317 g/mol. The van der Waals surface area contributed by atoms with Crippen molar-refractivity contribution < 1.29 is 19.0 Å². The molecule has 2 aromatic rings. The van der Waals surface area contributed by atoms with Gasteiger partial charge in [0, 0.05) is 12.1 Å². The largest absolute Gasteiger partial charge is 0.490 e. The molecule has 3 rings (SSSR count). The van der Waals surface area contributed by atoms with E-state index in [4.69, 9.17) is 9.47 Å². The van der Waals surface area contributed by atoms with Crippen LogP contribution in [0.4, 0.5) is 10.1 Å². The van der Waals surface area contributed by atoms with Crippen LogP contribution in [0.2, 0.25) is 0 Å². The van der Waals surface area contributed by atoms with Gasteiger partial charge in [-0.2, -0.15) is 0 Å². The summed E-state index contributed by atoms with van der Waals surface area (Å²) in [6, 6.07) is 14.3. The number of benzene rings is 2. The predicted octanol–water partition coefficient (Wildman–Crippen LogP) is 2.60. The Balaban J connectivity index is 1.50. The topological polar surface area (TPSA) is 41.9 Å². The van der Waals surface area contributed by atoms with Crippen LogP contribution in [0.25, 0.3) is 0 Å². The minimum atomic E-state index is -0.645. The quantitative estimate of drug-likeness (QED) is 0.889. The number of hydrogen-bond donors (Lipinski definition) is 1. The molecule has 0 fully saturated rings. The smallest absolute Gasteiger partial charge is 0.142 e. The molecule has 1 unspecified atom stereocenters. The number of hydrogen-bond acceptors (Lipinski definition) is 4. The Kier molecular flexibility index (Phi) is 5.10. The van der Waals surface area contributed by atoms with Gasteiger partial charge in [0.1, 0.15) is 18.2 Å². The molecule has 0 aromatic heterocycles. The number of halogens is 1. The second-order valence-electron chi connectivity index (χ2n) is 5.52. The molecular formula is C18H20FNO3. The van der Waals surface area contributed by atoms with Gasteiger partial charge in [0.2, 0.25) is 0 Å². The van der Waals surface area contributed by atoms with E-state index in [1.807, 2.05) is 24.3 Å². The van der Waals surface area contributed by atoms with Crippen LogP contribution in [0, 0.1) is 5.82 Å². The van der Waals surface area contributed by atoms with Gasteiger partial charge in [0.15, 0.2) is 0 Å². The fourth-order valence-corrected chi connectivity index (χ4v) is 2.64. The van der Waals surface area contributed by atoms with Gasteiger partial charge in [0.25, 0.3) is 0 Å². The summed E-state index contributed by atoms with van der Waals surface area (Å²) in [5.41, 5.74) is 1.48. The highest BCUT2D eigenvalue weighted by Gasteiger charge is 2.20. The number of aliphatic hydroxyl groups is 1. The first kappa shape index (κ1) is 15.8. The molecule has 0 radical (unpaired) electrons. The van der Waals surface area contributed by atoms with Gasteiger partial charge in [-0.3, -0.25) is 0 Å². The van der Waals surface area contributed by atoms with Gasteiger partial charge >= 0.3 is 0 Å². The van der Waals surface area contributed by atoms with E-state index in [2.05, 4.69) is 4.90 Å². The molecule has 2 aromatic carbocycles. The van der Waals surface area contributed by atoms with Gasteiger partial charge < -0.3 is 19.5 Å². The Morgan fingerprint density at radius 3 is 2.83 bits per heavy atom. The lowest BCUT2D eigenvalue weighted by atomic mass is 10.2. The van der Waals surface area contributed by atoms with Gasteiger partial charge in [-0.1, -0.05) is 30.3 Å². The Labute approximate surface area is 135 Å². The first-order valence-electron chi connectivity index (χ1n) is 7.70. The number of para-hydroxylation sites is 2. The zero-order chi connectivity index (χ0) is 16.1. The second kappa shape index (κ2) is 7.44. The number of aliphatic hydroxyl groups excluding tert-OH is 1. The van der Waals surface area contributed by atoms with Gasteiger partial charge in [-0.25, -0.2) is 4.39 Å². The normalized spacial score (nSPS) is 15.0. The van der Waals surface area contributed by atoms with Crippen molar-refractivity contribution in [3.63, 3.8) is 0 Å². The van der Waals surface area contributed by atoms with Gasteiger partial charge in [0.05, 0.1) is 31.5 Å². The fourth-order valence-electron chi connectivity index (χ4n) is 2.64. The molecular weight excluding hydrogens is 297 g/mol. The summed E-state index contributed by atoms with van der Waals surface area (Å²) < 4.78 is 24.5. The Hall–Kier alpha value is -2.11. The summed E-state index contributed by atoms with van der Waals surface area (Å²) in [6.45, 7) is 2.09. The summed E-state index contributed by atoms with van der Waals surface area (Å²) >= 11 is 0. The maximum absolute atomic E-state index is 13.5. The average Bonchev–Trinajstić information content (AvgIpc) is 2.57. The Bertz CT molecular complexity index is 650. The highest BCUT2D eigenvalue weighted by Crippen LogP contribution is 2.30. The predicted molar refractivity (Wildman–Crippen MR) is 86.2 cm³/mol. The molecule has 122 valence electrons. The Morgan fingerprint density at radius 2 is 1.96 bits per heavy atom. The van der Waals surface area contributed by atoms with E-state index in [1.54, 1.807) is 18.2 Å². The molecule has 1 N–H and O–H groups in total. The lowest BCUT2D eigenvalue weighted by molar-refractivity contribution is 0.0304. The number of nitrogens with zero attached hydrogens (tertiary/aromatic N) is 1. The summed E-state index contributed by atoms with van der Waals surface area (Å²) in [5, 5.41) is 10.2. The van der Waals surface area contributed by atoms with E-state index in [1.165, 1.54) is 6.07 Å². The van der Waals surface area contributed by atoms with Crippen molar-refractivity contribution in [3.8, 4) is 5.75 Å². The molecule has 0 spiro atoms. The van der Waals surface area contributed by atoms with Crippen molar-refractivity contribution in [1.29, 1.82) is 0 Å². The number of anilines is 1. The van der Waals surface area contributed by atoms with E-state index >= 15 is 0 Å². The van der Waals surface area contributed by atoms with Gasteiger partial charge in [-0.05, 0) is 18.2 Å². The summed E-state index contributed by atoms with van der Waals surface area (Å²) in [6.07, 6.45) is -0.645. The zero-order valence-corrected chi connectivity index (χ0v) is 12.8. The van der Waals surface area contributed by atoms with E-state index in [9.17, 15) is 9.50 Å². The molecule has 23 heavy (non-hydrogen) atoms. The van der Waals surface area contributed by atoms with Crippen LogP contribution in [0.15, 0.2) is 48.5 Å². The number of rotatable bonds is 6. The van der Waals surface area contributed by atoms with Gasteiger partial charge in [-0.15, -0.1) is 0 Å². The number of β-amino-alcohol motifs (C(OH)–C–C–N with tert-alkyl or cyclic N) is 1. The third-order valence-electron chi connectivity index (χ3n) is 3.78. The molecule has 1 aliphatic rings. The lowest BCUT2D eigenvalue weighted by Gasteiger charge is -2.32. The maximum Gasteiger partial charge on any atom is 0.142 e. The molecule has 0 amide bonds. The third kappa shape index (κ3) is 4.00. The molecule has 0 aliphatic carbocycles. The summed E-state index contributed by atoms with van der Waals surface area (Å²) in [7, 11) is 0. The van der Waals surface area contributed by atoms with Crippen molar-refractivity contribution >= 4 is 5.69 Å². The highest BCUT2D eigenvalue weighted by atomic mass is 19.1. The third-order valence-corrected chi connectivity index (χ3v) is 3.78. The van der Waals surface area contributed by atoms with E-state index in [0.717, 1.165) is 18.0 Å². The van der Waals surface area contributed by atoms with E-state index < -0.39 is 6.10 Å². The second-order valence-corrected chi connectivity index (χ2v) is 5.52. The van der Waals surface area contributed by atoms with Crippen LogP contribution in [-0.4, -0.2) is 37.5 Å². The summed E-state index contributed by atoms with van der Waals surface area (Å²) in [4.78, 5) is 2.08. The van der Waals surface area contributed by atoms with Crippen LogP contribution >= 0.6 is 0 Å². The van der Waals surface area contributed by atoms with Crippen molar-refractivity contribution in [1.82, 2.24) is 0 Å². The first-order valence-corrected chi connectivity index (χ1v) is 7.70. The minimum Gasteiger partial charge on any atom is -0.490 e. The van der Waals surface area contributed by atoms with Crippen LogP contribution in [0.1, 0.15) is 5.56 Å². The van der Waals surface area contributed by atoms with Crippen molar-refractivity contribution in [3.05, 3.63) is 59.9 Å². The zero-order valence-electron chi connectivity index (χ0n) is 12.8. The SMILES string of the molecule is OC(COCc1ccccc1F)CN1CCOc2ccccc21. The van der Waals surface area contributed by atoms with Crippen LogP contribution in [-0.2, 0) is 11.3 Å². The van der Waals surface area contributed by atoms with Crippen LogP contribution < -0.4 is 9.64 Å². The maximum atomic E-state index is 13.5. The number of fused-ring (bicyclic) bond motifs is 1.